The number of rotatable bonds is 10. The summed E-state index contributed by atoms with van der Waals surface area (Å²) in [5, 5.41) is 4.97. The highest BCUT2D eigenvalue weighted by Gasteiger charge is 2.18. The number of nitrogens with zero attached hydrogens (tertiary/aromatic N) is 1. The molecule has 4 aromatic rings. The highest BCUT2D eigenvalue weighted by atomic mass is 35.5. The molecule has 5 nitrogen and oxygen atoms in total. The van der Waals surface area contributed by atoms with Crippen molar-refractivity contribution in [3.63, 3.8) is 0 Å². The van der Waals surface area contributed by atoms with E-state index in [2.05, 4.69) is 15.0 Å². The van der Waals surface area contributed by atoms with Crippen molar-refractivity contribution in [2.75, 3.05) is 19.6 Å². The Hall–Kier alpha value is -2.84. The molecule has 0 aliphatic carbocycles. The molecule has 34 heavy (non-hydrogen) atoms. The van der Waals surface area contributed by atoms with Crippen molar-refractivity contribution in [3.05, 3.63) is 95.5 Å². The summed E-state index contributed by atoms with van der Waals surface area (Å²) in [6.07, 6.45) is 4.57. The summed E-state index contributed by atoms with van der Waals surface area (Å²) in [4.78, 5) is 4.38. The summed E-state index contributed by atoms with van der Waals surface area (Å²) in [6.45, 7) is 1.34. The Morgan fingerprint density at radius 2 is 1.74 bits per heavy atom. The van der Waals surface area contributed by atoms with E-state index in [0.29, 0.717) is 35.5 Å². The van der Waals surface area contributed by atoms with Gasteiger partial charge in [-0.3, -0.25) is 4.98 Å². The summed E-state index contributed by atoms with van der Waals surface area (Å²) in [5.41, 5.74) is 2.36. The van der Waals surface area contributed by atoms with Gasteiger partial charge in [0.2, 0.25) is 10.0 Å². The lowest BCUT2D eigenvalue weighted by Gasteiger charge is -2.13. The highest BCUT2D eigenvalue weighted by Crippen LogP contribution is 2.30. The Morgan fingerprint density at radius 3 is 2.53 bits per heavy atom. The Morgan fingerprint density at radius 1 is 0.912 bits per heavy atom. The molecule has 0 aliphatic heterocycles. The summed E-state index contributed by atoms with van der Waals surface area (Å²) < 4.78 is 42.8. The lowest BCUT2D eigenvalue weighted by molar-refractivity contribution is 0.571. The van der Waals surface area contributed by atoms with Crippen LogP contribution >= 0.6 is 11.6 Å². The molecule has 1 heterocycles. The van der Waals surface area contributed by atoms with E-state index in [-0.39, 0.29) is 17.3 Å². The first kappa shape index (κ1) is 24.3. The van der Waals surface area contributed by atoms with E-state index in [1.807, 2.05) is 36.4 Å². The number of pyridine rings is 1. The summed E-state index contributed by atoms with van der Waals surface area (Å²) in [6, 6.07) is 19.7. The Balaban J connectivity index is 1.37. The zero-order valence-corrected chi connectivity index (χ0v) is 20.0. The number of halogens is 2. The van der Waals surface area contributed by atoms with Crippen molar-refractivity contribution in [2.45, 2.75) is 17.7 Å². The number of hydrogen-bond donors (Lipinski definition) is 2. The molecule has 2 N–H and O–H groups in total. The molecule has 176 valence electrons. The van der Waals surface area contributed by atoms with Crippen molar-refractivity contribution < 1.29 is 12.8 Å². The molecule has 0 saturated heterocycles. The molecule has 0 saturated carbocycles. The number of fused-ring (bicyclic) bond motifs is 1. The van der Waals surface area contributed by atoms with Crippen molar-refractivity contribution in [1.29, 1.82) is 0 Å². The second-order valence-electron chi connectivity index (χ2n) is 7.92. The monoisotopic (exact) mass is 497 g/mol. The van der Waals surface area contributed by atoms with Gasteiger partial charge in [0.05, 0.1) is 4.90 Å². The van der Waals surface area contributed by atoms with Gasteiger partial charge in [0.1, 0.15) is 5.82 Å². The van der Waals surface area contributed by atoms with E-state index < -0.39 is 10.0 Å². The van der Waals surface area contributed by atoms with E-state index >= 15 is 0 Å². The molecule has 0 radical (unpaired) electrons. The average Bonchev–Trinajstić information content (AvgIpc) is 2.84. The van der Waals surface area contributed by atoms with E-state index in [0.717, 1.165) is 22.9 Å². The molecule has 8 heteroatoms. The van der Waals surface area contributed by atoms with Crippen LogP contribution in [0.4, 0.5) is 4.39 Å². The predicted octanol–water partition coefficient (Wildman–Crippen LogP) is 5.20. The normalized spacial score (nSPS) is 11.7. The topological polar surface area (TPSA) is 71.1 Å². The zero-order chi connectivity index (χ0) is 24.0. The maximum absolute atomic E-state index is 13.8. The van der Waals surface area contributed by atoms with Gasteiger partial charge in [0.15, 0.2) is 0 Å². The van der Waals surface area contributed by atoms with Gasteiger partial charge in [-0.25, -0.2) is 17.5 Å². The van der Waals surface area contributed by atoms with Crippen molar-refractivity contribution in [3.8, 4) is 11.1 Å². The van der Waals surface area contributed by atoms with Gasteiger partial charge >= 0.3 is 0 Å². The summed E-state index contributed by atoms with van der Waals surface area (Å²) in [7, 11) is -3.74. The zero-order valence-electron chi connectivity index (χ0n) is 18.5. The predicted molar refractivity (Wildman–Crippen MR) is 135 cm³/mol. The number of aryl methyl sites for hydroxylation is 1. The van der Waals surface area contributed by atoms with E-state index in [1.165, 1.54) is 6.07 Å². The third kappa shape index (κ3) is 5.98. The van der Waals surface area contributed by atoms with E-state index in [4.69, 9.17) is 11.6 Å². The molecule has 4 rings (SSSR count). The Labute approximate surface area is 204 Å². The first-order chi connectivity index (χ1) is 16.4. The number of sulfonamides is 1. The lowest BCUT2D eigenvalue weighted by atomic mass is 10.0. The first-order valence-corrected chi connectivity index (χ1v) is 12.9. The van der Waals surface area contributed by atoms with Gasteiger partial charge in [-0.2, -0.15) is 0 Å². The van der Waals surface area contributed by atoms with Crippen LogP contribution in [0.15, 0.2) is 84.0 Å². The quantitative estimate of drug-likeness (QED) is 0.296. The minimum Gasteiger partial charge on any atom is -0.315 e. The molecule has 0 fully saturated rings. The molecule has 0 aliphatic rings. The van der Waals surface area contributed by atoms with Gasteiger partial charge in [-0.15, -0.1) is 0 Å². The summed E-state index contributed by atoms with van der Waals surface area (Å²) >= 11 is 5.78. The second-order valence-corrected chi connectivity index (χ2v) is 10.1. The first-order valence-electron chi connectivity index (χ1n) is 11.0. The number of benzene rings is 3. The van der Waals surface area contributed by atoms with Crippen LogP contribution in [0, 0.1) is 5.82 Å². The van der Waals surface area contributed by atoms with Crippen molar-refractivity contribution in [1.82, 2.24) is 15.0 Å². The van der Waals surface area contributed by atoms with E-state index in [1.54, 1.807) is 36.7 Å². The molecule has 0 unspecified atom stereocenters. The fourth-order valence-electron chi connectivity index (χ4n) is 3.80. The van der Waals surface area contributed by atoms with E-state index in [9.17, 15) is 12.8 Å². The third-order valence-electron chi connectivity index (χ3n) is 5.52. The Bertz CT molecular complexity index is 1380. The number of hydrogen-bond acceptors (Lipinski definition) is 4. The molecule has 0 spiro atoms. The number of aromatic nitrogens is 1. The third-order valence-corrected chi connectivity index (χ3v) is 7.26. The molecular formula is C26H25ClFN3O2S. The van der Waals surface area contributed by atoms with Gasteiger partial charge in [0.25, 0.3) is 0 Å². The summed E-state index contributed by atoms with van der Waals surface area (Å²) in [5.74, 6) is -0.305. The molecular weight excluding hydrogens is 473 g/mol. The van der Waals surface area contributed by atoms with Crippen LogP contribution in [0.25, 0.3) is 21.9 Å². The average molecular weight is 498 g/mol. The molecule has 3 aromatic carbocycles. The van der Waals surface area contributed by atoms with Gasteiger partial charge in [0, 0.05) is 41.3 Å². The molecule has 1 aromatic heterocycles. The van der Waals surface area contributed by atoms with Crippen LogP contribution in [0.2, 0.25) is 5.02 Å². The smallest absolute Gasteiger partial charge is 0.241 e. The minimum absolute atomic E-state index is 0.226. The Kier molecular flexibility index (Phi) is 7.90. The maximum atomic E-state index is 13.8. The fourth-order valence-corrected chi connectivity index (χ4v) is 5.24. The molecule has 0 atom stereocenters. The van der Waals surface area contributed by atoms with Crippen LogP contribution < -0.4 is 10.0 Å². The van der Waals surface area contributed by atoms with Gasteiger partial charge < -0.3 is 5.32 Å². The lowest BCUT2D eigenvalue weighted by Crippen LogP contribution is -2.32. The van der Waals surface area contributed by atoms with Crippen LogP contribution in [0.5, 0.6) is 0 Å². The van der Waals surface area contributed by atoms with Crippen molar-refractivity contribution >= 4 is 32.4 Å². The van der Waals surface area contributed by atoms with Crippen LogP contribution in [0.3, 0.4) is 0 Å². The SMILES string of the molecule is O=S(=O)(NCCNCCCc1ccc(Cl)cc1F)c1cc(-c2ccccc2)cc2cnccc12. The van der Waals surface area contributed by atoms with Crippen LogP contribution in [-0.2, 0) is 16.4 Å². The molecule has 0 bridgehead atoms. The molecule has 0 amide bonds. The largest absolute Gasteiger partial charge is 0.315 e. The number of nitrogens with one attached hydrogen (secondary N) is 2. The van der Waals surface area contributed by atoms with Crippen LogP contribution in [0.1, 0.15) is 12.0 Å². The van der Waals surface area contributed by atoms with Gasteiger partial charge in [-0.05, 0) is 66.4 Å². The maximum Gasteiger partial charge on any atom is 0.241 e. The second kappa shape index (κ2) is 11.1. The van der Waals surface area contributed by atoms with Crippen molar-refractivity contribution in [2.24, 2.45) is 0 Å². The standard InChI is InChI=1S/C26H25ClFN3O2S/c27-23-9-8-20(25(28)17-23)7-4-11-29-13-14-31-34(32,33)26-16-21(19-5-2-1-3-6-19)15-22-18-30-12-10-24(22)26/h1-3,5-6,8-10,12,15-18,29,31H,4,7,11,13-14H2. The fraction of sp³-hybridized carbons (Fsp3) is 0.192. The highest BCUT2D eigenvalue weighted by molar-refractivity contribution is 7.89. The van der Waals surface area contributed by atoms with Gasteiger partial charge in [-0.1, -0.05) is 48.0 Å². The minimum atomic E-state index is -3.74. The van der Waals surface area contributed by atoms with Crippen LogP contribution in [-0.4, -0.2) is 33.0 Å².